The minimum Gasteiger partial charge on any atom is -0.423 e. The number of carbonyl (C=O) groups excluding carboxylic acids is 1. The van der Waals surface area contributed by atoms with Crippen molar-refractivity contribution in [3.8, 4) is 0 Å². The fraction of sp³-hybridized carbons (Fsp3) is 0.133. The van der Waals surface area contributed by atoms with E-state index in [9.17, 15) is 4.79 Å². The smallest absolute Gasteiger partial charge is 0.423 e. The van der Waals surface area contributed by atoms with Crippen molar-refractivity contribution in [2.45, 2.75) is 13.3 Å². The summed E-state index contributed by atoms with van der Waals surface area (Å²) < 4.78 is 0. The van der Waals surface area contributed by atoms with Gasteiger partial charge in [0.25, 0.3) is 0 Å². The maximum absolute atomic E-state index is 9.97. The second-order valence-corrected chi connectivity index (χ2v) is 4.14. The van der Waals surface area contributed by atoms with Gasteiger partial charge in [-0.2, -0.15) is 0 Å². The number of aryl methyl sites for hydroxylation is 1. The van der Waals surface area contributed by atoms with Crippen LogP contribution in [0.2, 0.25) is 0 Å². The van der Waals surface area contributed by atoms with Crippen LogP contribution in [0.3, 0.4) is 0 Å². The molecule has 0 aliphatic heterocycles. The fourth-order valence-electron chi connectivity index (χ4n) is 1.54. The molecule has 0 aliphatic carbocycles. The molecular weight excluding hydrogens is 239 g/mol. The van der Waals surface area contributed by atoms with E-state index < -0.39 is 7.12 Å². The Labute approximate surface area is 113 Å². The zero-order chi connectivity index (χ0) is 14.1. The van der Waals surface area contributed by atoms with Crippen LogP contribution in [-0.4, -0.2) is 23.5 Å². The lowest BCUT2D eigenvalue weighted by molar-refractivity contribution is -0.107. The highest BCUT2D eigenvalue weighted by molar-refractivity contribution is 6.58. The zero-order valence-corrected chi connectivity index (χ0v) is 10.9. The Morgan fingerprint density at radius 1 is 1.05 bits per heavy atom. The summed E-state index contributed by atoms with van der Waals surface area (Å²) >= 11 is 0. The van der Waals surface area contributed by atoms with Gasteiger partial charge in [-0.25, -0.2) is 0 Å². The Bertz CT molecular complexity index is 498. The number of hydrogen-bond donors (Lipinski definition) is 2. The van der Waals surface area contributed by atoms with E-state index in [0.717, 1.165) is 17.4 Å². The fourth-order valence-corrected chi connectivity index (χ4v) is 1.54. The van der Waals surface area contributed by atoms with E-state index in [4.69, 9.17) is 10.0 Å². The van der Waals surface area contributed by atoms with Gasteiger partial charge in [0.1, 0.15) is 6.29 Å². The van der Waals surface area contributed by atoms with Gasteiger partial charge < -0.3 is 14.8 Å². The Morgan fingerprint density at radius 2 is 1.74 bits per heavy atom. The first-order valence-corrected chi connectivity index (χ1v) is 6.03. The van der Waals surface area contributed by atoms with Crippen molar-refractivity contribution in [3.63, 3.8) is 0 Å². The molecule has 0 fully saturated rings. The van der Waals surface area contributed by atoms with Crippen molar-refractivity contribution >= 4 is 18.9 Å². The van der Waals surface area contributed by atoms with E-state index in [0.29, 0.717) is 11.9 Å². The second kappa shape index (κ2) is 8.24. The number of hydrogen-bond acceptors (Lipinski definition) is 3. The molecule has 0 saturated carbocycles. The van der Waals surface area contributed by atoms with Gasteiger partial charge in [0.15, 0.2) is 0 Å². The second-order valence-electron chi connectivity index (χ2n) is 4.14. The molecule has 0 radical (unpaired) electrons. The summed E-state index contributed by atoms with van der Waals surface area (Å²) in [7, 11) is -1.35. The third kappa shape index (κ3) is 5.99. The molecule has 0 unspecified atom stereocenters. The monoisotopic (exact) mass is 256 g/mol. The Morgan fingerprint density at radius 3 is 2.21 bits per heavy atom. The lowest BCUT2D eigenvalue weighted by atomic mass is 9.80. The van der Waals surface area contributed by atoms with Gasteiger partial charge in [-0.1, -0.05) is 60.2 Å². The first-order chi connectivity index (χ1) is 9.13. The number of benzene rings is 2. The average molecular weight is 256 g/mol. The van der Waals surface area contributed by atoms with Crippen molar-refractivity contribution < 1.29 is 14.8 Å². The number of rotatable bonds is 3. The Kier molecular flexibility index (Phi) is 6.57. The van der Waals surface area contributed by atoms with Gasteiger partial charge >= 0.3 is 7.12 Å². The van der Waals surface area contributed by atoms with Gasteiger partial charge in [-0.3, -0.25) is 0 Å². The minimum atomic E-state index is -1.35. The van der Waals surface area contributed by atoms with Crippen molar-refractivity contribution in [2.24, 2.45) is 0 Å². The highest BCUT2D eigenvalue weighted by Gasteiger charge is 2.08. The first-order valence-electron chi connectivity index (χ1n) is 6.03. The third-order valence-electron chi connectivity index (χ3n) is 2.50. The lowest BCUT2D eigenvalue weighted by Crippen LogP contribution is -2.29. The highest BCUT2D eigenvalue weighted by atomic mass is 16.4. The van der Waals surface area contributed by atoms with Crippen molar-refractivity contribution in [1.82, 2.24) is 0 Å². The van der Waals surface area contributed by atoms with E-state index in [1.807, 2.05) is 43.3 Å². The van der Waals surface area contributed by atoms with E-state index >= 15 is 0 Å². The average Bonchev–Trinajstić information content (AvgIpc) is 2.41. The summed E-state index contributed by atoms with van der Waals surface area (Å²) in [5.74, 6) is 0. The van der Waals surface area contributed by atoms with Crippen LogP contribution in [0, 0.1) is 6.92 Å². The van der Waals surface area contributed by atoms with Crippen LogP contribution < -0.4 is 5.46 Å². The van der Waals surface area contributed by atoms with Gasteiger partial charge in [-0.15, -0.1) is 0 Å². The molecule has 0 saturated heterocycles. The first kappa shape index (κ1) is 15.2. The molecule has 0 spiro atoms. The topological polar surface area (TPSA) is 57.5 Å². The van der Waals surface area contributed by atoms with E-state index in [2.05, 4.69) is 0 Å². The number of aldehydes is 1. The predicted octanol–water partition coefficient (Wildman–Crippen LogP) is 1.10. The SMILES string of the molecule is Cc1cccc(B(O)O)c1.O=CCc1ccccc1. The van der Waals surface area contributed by atoms with Crippen molar-refractivity contribution in [1.29, 1.82) is 0 Å². The third-order valence-corrected chi connectivity index (χ3v) is 2.50. The van der Waals surface area contributed by atoms with Gasteiger partial charge in [0.05, 0.1) is 0 Å². The van der Waals surface area contributed by atoms with Crippen LogP contribution in [0.5, 0.6) is 0 Å². The van der Waals surface area contributed by atoms with Crippen molar-refractivity contribution in [3.05, 3.63) is 65.7 Å². The van der Waals surface area contributed by atoms with E-state index in [1.165, 1.54) is 0 Å². The molecule has 0 bridgehead atoms. The minimum absolute atomic E-state index is 0.529. The molecule has 0 heterocycles. The summed E-state index contributed by atoms with van der Waals surface area (Å²) in [6.07, 6.45) is 1.44. The normalized spacial score (nSPS) is 9.21. The van der Waals surface area contributed by atoms with Gasteiger partial charge in [0, 0.05) is 6.42 Å². The van der Waals surface area contributed by atoms with Crippen LogP contribution in [0.1, 0.15) is 11.1 Å². The van der Waals surface area contributed by atoms with Crippen LogP contribution >= 0.6 is 0 Å². The molecule has 98 valence electrons. The molecule has 19 heavy (non-hydrogen) atoms. The summed E-state index contributed by atoms with van der Waals surface area (Å²) in [5, 5.41) is 17.4. The van der Waals surface area contributed by atoms with E-state index in [-0.39, 0.29) is 0 Å². The quantitative estimate of drug-likeness (QED) is 0.638. The number of carbonyl (C=O) groups is 1. The maximum atomic E-state index is 9.97. The molecule has 0 atom stereocenters. The lowest BCUT2D eigenvalue weighted by Gasteiger charge is -1.98. The Hall–Kier alpha value is -1.91. The molecular formula is C15H17BO3. The summed E-state index contributed by atoms with van der Waals surface area (Å²) in [5.41, 5.74) is 2.65. The zero-order valence-electron chi connectivity index (χ0n) is 10.9. The molecule has 2 N–H and O–H groups in total. The highest BCUT2D eigenvalue weighted by Crippen LogP contribution is 1.96. The van der Waals surface area contributed by atoms with Crippen LogP contribution in [-0.2, 0) is 11.2 Å². The molecule has 0 aliphatic rings. The van der Waals surface area contributed by atoms with Crippen LogP contribution in [0.15, 0.2) is 54.6 Å². The van der Waals surface area contributed by atoms with Crippen LogP contribution in [0.4, 0.5) is 0 Å². The molecule has 2 aromatic carbocycles. The van der Waals surface area contributed by atoms with Gasteiger partial charge in [-0.05, 0) is 17.9 Å². The standard InChI is InChI=1S/C8H8O.C7H9BO2/c9-7-6-8-4-2-1-3-5-8;1-6-3-2-4-7(5-6)8(9)10/h1-5,7H,6H2;2-5,9-10H,1H3. The molecule has 4 heteroatoms. The largest absolute Gasteiger partial charge is 0.488 e. The molecule has 0 aromatic heterocycles. The Balaban J connectivity index is 0.000000191. The van der Waals surface area contributed by atoms with Gasteiger partial charge in [0.2, 0.25) is 0 Å². The summed E-state index contributed by atoms with van der Waals surface area (Å²) in [6.45, 7) is 1.91. The summed E-state index contributed by atoms with van der Waals surface area (Å²) in [6, 6.07) is 16.8. The maximum Gasteiger partial charge on any atom is 0.488 e. The predicted molar refractivity (Wildman–Crippen MR) is 77.2 cm³/mol. The molecule has 2 aromatic rings. The van der Waals surface area contributed by atoms with Crippen LogP contribution in [0.25, 0.3) is 0 Å². The summed E-state index contributed by atoms with van der Waals surface area (Å²) in [4.78, 5) is 9.97. The molecule has 3 nitrogen and oxygen atoms in total. The van der Waals surface area contributed by atoms with Crippen molar-refractivity contribution in [2.75, 3.05) is 0 Å². The molecule has 2 rings (SSSR count). The molecule has 0 amide bonds. The van der Waals surface area contributed by atoms with E-state index in [1.54, 1.807) is 18.2 Å².